The number of hydrogen-bond acceptors (Lipinski definition) is 9. The number of fused-ring (bicyclic) bond motifs is 5. The fourth-order valence-corrected chi connectivity index (χ4v) is 6.66. The molecule has 3 aliphatic heterocycles. The molecule has 2 amide bonds. The molecule has 1 unspecified atom stereocenters. The van der Waals surface area contributed by atoms with E-state index in [9.17, 15) is 9.59 Å². The normalized spacial score (nSPS) is 18.4. The zero-order valence-corrected chi connectivity index (χ0v) is 26.5. The maximum Gasteiger partial charge on any atom is 0.417 e. The van der Waals surface area contributed by atoms with Crippen LogP contribution in [0.25, 0.3) is 22.2 Å². The first-order valence-corrected chi connectivity index (χ1v) is 15.6. The summed E-state index contributed by atoms with van der Waals surface area (Å²) in [6, 6.07) is 12.3. The summed E-state index contributed by atoms with van der Waals surface area (Å²) < 4.78 is 13.4. The number of ether oxygens (including phenoxy) is 2. The van der Waals surface area contributed by atoms with Gasteiger partial charge in [-0.25, -0.2) is 19.7 Å². The number of aryl methyl sites for hydroxylation is 1. The maximum atomic E-state index is 14.0. The van der Waals surface area contributed by atoms with E-state index < -0.39 is 17.6 Å². The standard InChI is InChI=1S/C34H39N7O4/c1-6-39-17-21-20-44-16-15-40(21)28-9-10-29(37-27(28)19-39)36-26-8-7-22(23-11-13-35-31-24(23)12-14-38(31)5)25-18-41(32(42)30(25)26)33(43)45-34(2,3)4/h7-14,21H,6,15-20H2,1-5H3,(H,36,37). The number of benzene rings is 1. The highest BCUT2D eigenvalue weighted by Gasteiger charge is 2.39. The monoisotopic (exact) mass is 609 g/mol. The number of pyridine rings is 2. The van der Waals surface area contributed by atoms with E-state index in [4.69, 9.17) is 14.5 Å². The Morgan fingerprint density at radius 3 is 2.76 bits per heavy atom. The van der Waals surface area contributed by atoms with Gasteiger partial charge >= 0.3 is 6.09 Å². The number of morpholine rings is 1. The predicted octanol–water partition coefficient (Wildman–Crippen LogP) is 5.31. The van der Waals surface area contributed by atoms with Crippen LogP contribution < -0.4 is 10.2 Å². The Hall–Kier alpha value is -4.48. The van der Waals surface area contributed by atoms with Gasteiger partial charge in [-0.05, 0) is 74.3 Å². The number of imide groups is 1. The molecular formula is C34H39N7O4. The molecule has 0 aliphatic carbocycles. The van der Waals surface area contributed by atoms with E-state index in [2.05, 4.69) is 33.1 Å². The number of amides is 2. The van der Waals surface area contributed by atoms with Gasteiger partial charge in [0.2, 0.25) is 0 Å². The smallest absolute Gasteiger partial charge is 0.417 e. The summed E-state index contributed by atoms with van der Waals surface area (Å²) in [6.07, 6.45) is 3.08. The number of nitrogens with one attached hydrogen (secondary N) is 1. The van der Waals surface area contributed by atoms with Crippen molar-refractivity contribution in [3.8, 4) is 11.1 Å². The van der Waals surface area contributed by atoms with Gasteiger partial charge in [-0.2, -0.15) is 0 Å². The molecule has 0 spiro atoms. The van der Waals surface area contributed by atoms with E-state index in [-0.39, 0.29) is 12.6 Å². The molecule has 234 valence electrons. The molecule has 6 heterocycles. The van der Waals surface area contributed by atoms with E-state index in [0.29, 0.717) is 30.3 Å². The molecule has 1 saturated heterocycles. The van der Waals surface area contributed by atoms with Gasteiger partial charge in [0.25, 0.3) is 5.91 Å². The Balaban J connectivity index is 1.30. The summed E-state index contributed by atoms with van der Waals surface area (Å²) >= 11 is 0. The number of hydrogen-bond donors (Lipinski definition) is 1. The summed E-state index contributed by atoms with van der Waals surface area (Å²) in [6.45, 7) is 12.4. The van der Waals surface area contributed by atoms with E-state index >= 15 is 0 Å². The lowest BCUT2D eigenvalue weighted by Crippen LogP contribution is -2.49. The van der Waals surface area contributed by atoms with Gasteiger partial charge in [0, 0.05) is 44.5 Å². The third-order valence-electron chi connectivity index (χ3n) is 8.80. The molecule has 7 rings (SSSR count). The quantitative estimate of drug-likeness (QED) is 0.330. The van der Waals surface area contributed by atoms with Gasteiger partial charge in [-0.15, -0.1) is 0 Å². The highest BCUT2D eigenvalue weighted by molar-refractivity contribution is 6.12. The van der Waals surface area contributed by atoms with Crippen LogP contribution >= 0.6 is 0 Å². The minimum absolute atomic E-state index is 0.103. The van der Waals surface area contributed by atoms with Crippen LogP contribution in [0.3, 0.4) is 0 Å². The Bertz CT molecular complexity index is 1810. The molecule has 1 aromatic carbocycles. The summed E-state index contributed by atoms with van der Waals surface area (Å²) in [5, 5.41) is 4.42. The zero-order chi connectivity index (χ0) is 31.5. The molecule has 11 nitrogen and oxygen atoms in total. The van der Waals surface area contributed by atoms with Crippen molar-refractivity contribution in [1.29, 1.82) is 0 Å². The summed E-state index contributed by atoms with van der Waals surface area (Å²) in [7, 11) is 1.96. The van der Waals surface area contributed by atoms with Crippen LogP contribution in [0.1, 0.15) is 49.3 Å². The predicted molar refractivity (Wildman–Crippen MR) is 173 cm³/mol. The van der Waals surface area contributed by atoms with Crippen molar-refractivity contribution in [1.82, 2.24) is 24.3 Å². The van der Waals surface area contributed by atoms with Crippen LogP contribution in [0.15, 0.2) is 48.8 Å². The Morgan fingerprint density at radius 2 is 1.96 bits per heavy atom. The van der Waals surface area contributed by atoms with Gasteiger partial charge in [0.05, 0.1) is 48.4 Å². The lowest BCUT2D eigenvalue weighted by molar-refractivity contribution is 0.0248. The summed E-state index contributed by atoms with van der Waals surface area (Å²) in [5.74, 6) is 0.245. The van der Waals surface area contributed by atoms with Gasteiger partial charge in [-0.3, -0.25) is 9.69 Å². The number of likely N-dealkylation sites (N-methyl/N-ethyl adjacent to an activating group) is 1. The topological polar surface area (TPSA) is 105 Å². The van der Waals surface area contributed by atoms with Crippen LogP contribution in [-0.4, -0.2) is 80.8 Å². The SMILES string of the molecule is CCN1Cc2nc(Nc3ccc(-c4ccnc5c4ccn5C)c4c3C(=O)N(C(=O)OC(C)(C)C)C4)ccc2N2CCOCC2C1. The first-order valence-electron chi connectivity index (χ1n) is 15.6. The zero-order valence-electron chi connectivity index (χ0n) is 26.5. The number of carbonyl (C=O) groups is 2. The average molecular weight is 610 g/mol. The van der Waals surface area contributed by atoms with E-state index in [1.54, 1.807) is 27.0 Å². The molecule has 0 radical (unpaired) electrons. The van der Waals surface area contributed by atoms with Crippen LogP contribution in [0.4, 0.5) is 22.0 Å². The largest absolute Gasteiger partial charge is 0.443 e. The van der Waals surface area contributed by atoms with Gasteiger partial charge in [-0.1, -0.05) is 13.0 Å². The van der Waals surface area contributed by atoms with Crippen LogP contribution in [-0.2, 0) is 29.6 Å². The summed E-state index contributed by atoms with van der Waals surface area (Å²) in [4.78, 5) is 42.9. The average Bonchev–Trinajstić information content (AvgIpc) is 3.51. The third kappa shape index (κ3) is 5.29. The Kier molecular flexibility index (Phi) is 7.25. The molecule has 45 heavy (non-hydrogen) atoms. The first kappa shape index (κ1) is 29.2. The second-order valence-electron chi connectivity index (χ2n) is 12.9. The van der Waals surface area contributed by atoms with Crippen molar-refractivity contribution >= 4 is 40.2 Å². The van der Waals surface area contributed by atoms with Gasteiger partial charge < -0.3 is 24.3 Å². The number of carbonyl (C=O) groups excluding carboxylic acids is 2. The number of nitrogens with zero attached hydrogens (tertiary/aromatic N) is 6. The summed E-state index contributed by atoms with van der Waals surface area (Å²) in [5.41, 5.74) is 5.84. The van der Waals surface area contributed by atoms with Crippen LogP contribution in [0.2, 0.25) is 0 Å². The molecule has 0 saturated carbocycles. The molecular weight excluding hydrogens is 570 g/mol. The highest BCUT2D eigenvalue weighted by Crippen LogP contribution is 2.41. The second-order valence-corrected chi connectivity index (χ2v) is 12.9. The van der Waals surface area contributed by atoms with Crippen molar-refractivity contribution in [3.05, 3.63) is 65.6 Å². The fraction of sp³-hybridized carbons (Fsp3) is 0.412. The van der Waals surface area contributed by atoms with E-state index in [1.165, 1.54) is 4.90 Å². The molecule has 3 aromatic heterocycles. The Labute approximate surface area is 262 Å². The van der Waals surface area contributed by atoms with Crippen LogP contribution in [0, 0.1) is 0 Å². The molecule has 3 aliphatic rings. The minimum atomic E-state index is -0.741. The minimum Gasteiger partial charge on any atom is -0.443 e. The fourth-order valence-electron chi connectivity index (χ4n) is 6.66. The number of aromatic nitrogens is 3. The van der Waals surface area contributed by atoms with Gasteiger partial charge in [0.15, 0.2) is 0 Å². The number of rotatable bonds is 4. The first-order chi connectivity index (χ1) is 21.6. The molecule has 1 atom stereocenters. The molecule has 1 fully saturated rings. The van der Waals surface area contributed by atoms with Crippen molar-refractivity contribution < 1.29 is 19.1 Å². The van der Waals surface area contributed by atoms with Crippen molar-refractivity contribution in [3.63, 3.8) is 0 Å². The van der Waals surface area contributed by atoms with Crippen LogP contribution in [0.5, 0.6) is 0 Å². The Morgan fingerprint density at radius 1 is 1.11 bits per heavy atom. The second kappa shape index (κ2) is 11.1. The molecule has 4 aromatic rings. The van der Waals surface area contributed by atoms with Crippen molar-refractivity contribution in [2.45, 2.75) is 52.4 Å². The van der Waals surface area contributed by atoms with Crippen molar-refractivity contribution in [2.75, 3.05) is 43.1 Å². The molecule has 1 N–H and O–H groups in total. The van der Waals surface area contributed by atoms with E-state index in [0.717, 1.165) is 65.3 Å². The highest BCUT2D eigenvalue weighted by atomic mass is 16.6. The maximum absolute atomic E-state index is 14.0. The molecule has 11 heteroatoms. The number of anilines is 3. The third-order valence-corrected chi connectivity index (χ3v) is 8.80. The molecule has 0 bridgehead atoms. The van der Waals surface area contributed by atoms with Gasteiger partial charge in [0.1, 0.15) is 17.1 Å². The van der Waals surface area contributed by atoms with Crippen molar-refractivity contribution in [2.24, 2.45) is 7.05 Å². The van der Waals surface area contributed by atoms with E-state index in [1.807, 2.05) is 48.1 Å². The lowest BCUT2D eigenvalue weighted by atomic mass is 9.94. The lowest BCUT2D eigenvalue weighted by Gasteiger charge is -2.37.